The number of alkyl halides is 3. The van der Waals surface area contributed by atoms with Gasteiger partial charge in [-0.3, -0.25) is 14.2 Å². The molecule has 0 bridgehead atoms. The van der Waals surface area contributed by atoms with E-state index in [-0.39, 0.29) is 28.8 Å². The zero-order valence-corrected chi connectivity index (χ0v) is 19.7. The molecule has 2 saturated heterocycles. The van der Waals surface area contributed by atoms with Crippen molar-refractivity contribution in [3.63, 3.8) is 0 Å². The van der Waals surface area contributed by atoms with Gasteiger partial charge >= 0.3 is 6.18 Å². The number of halogens is 3. The number of thiazole rings is 1. The summed E-state index contributed by atoms with van der Waals surface area (Å²) >= 11 is 0.921. The van der Waals surface area contributed by atoms with Crippen molar-refractivity contribution in [2.45, 2.75) is 57.0 Å². The number of rotatable bonds is 6. The number of carbonyl (C=O) groups is 1. The second-order valence-corrected chi connectivity index (χ2v) is 9.80. The maximum atomic E-state index is 13.8. The largest absolute Gasteiger partial charge is 0.449 e. The average molecular weight is 507 g/mol. The van der Waals surface area contributed by atoms with Gasteiger partial charge < -0.3 is 15.5 Å². The topological polar surface area (TPSA) is 92.2 Å². The molecule has 0 aliphatic carbocycles. The average Bonchev–Trinajstić information content (AvgIpc) is 3.59. The fraction of sp³-hybridized carbons (Fsp3) is 0.478. The van der Waals surface area contributed by atoms with Gasteiger partial charge in [-0.1, -0.05) is 41.7 Å². The van der Waals surface area contributed by atoms with Crippen molar-refractivity contribution >= 4 is 32.7 Å². The van der Waals surface area contributed by atoms with Gasteiger partial charge in [0.05, 0.1) is 0 Å². The molecule has 2 aliphatic rings. The number of carbonyl (C=O) groups excluding carboxylic acids is 1. The van der Waals surface area contributed by atoms with Gasteiger partial charge in [0, 0.05) is 25.7 Å². The molecule has 2 aliphatic heterocycles. The number of hydrogen-bond donors (Lipinski definition) is 2. The summed E-state index contributed by atoms with van der Waals surface area (Å²) in [7, 11) is 0. The second kappa shape index (κ2) is 9.57. The molecule has 35 heavy (non-hydrogen) atoms. The molecule has 0 saturated carbocycles. The van der Waals surface area contributed by atoms with Gasteiger partial charge in [0.25, 0.3) is 5.56 Å². The first-order valence-electron chi connectivity index (χ1n) is 11.6. The monoisotopic (exact) mass is 506 g/mol. The van der Waals surface area contributed by atoms with E-state index in [0.29, 0.717) is 42.2 Å². The third-order valence-corrected chi connectivity index (χ3v) is 7.42. The van der Waals surface area contributed by atoms with Crippen LogP contribution in [0.25, 0.3) is 10.3 Å². The van der Waals surface area contributed by atoms with E-state index in [0.717, 1.165) is 29.7 Å². The van der Waals surface area contributed by atoms with Gasteiger partial charge in [-0.05, 0) is 37.8 Å². The number of hydrogen-bond acceptors (Lipinski definition) is 7. The van der Waals surface area contributed by atoms with Crippen molar-refractivity contribution in [1.82, 2.24) is 25.2 Å². The van der Waals surface area contributed by atoms with Gasteiger partial charge in [0.2, 0.25) is 11.7 Å². The van der Waals surface area contributed by atoms with Crippen LogP contribution in [-0.4, -0.2) is 45.6 Å². The van der Waals surface area contributed by atoms with Crippen molar-refractivity contribution < 1.29 is 18.0 Å². The Bertz CT molecular complexity index is 1270. The Balaban J connectivity index is 1.43. The second-order valence-electron chi connectivity index (χ2n) is 8.85. The number of benzene rings is 1. The van der Waals surface area contributed by atoms with Crippen molar-refractivity contribution in [3.8, 4) is 0 Å². The molecule has 0 spiro atoms. The predicted octanol–water partition coefficient (Wildman–Crippen LogP) is 2.91. The summed E-state index contributed by atoms with van der Waals surface area (Å²) in [6, 6.07) is 8.78. The standard InChI is InChI=1S/C23H25F3N6O2S/c24-23(25,26)21-30-19-17(20(34)32(21)13-15-8-4-10-27-15)29-22(35-19)31-11-5-9-16(31)18(33)28-12-14-6-2-1-3-7-14/h1-3,6-7,15-16,27H,4-5,8-13H2,(H,28,33)/t15-,16-/m1/s1. The van der Waals surface area contributed by atoms with Gasteiger partial charge in [-0.15, -0.1) is 0 Å². The first-order chi connectivity index (χ1) is 16.8. The zero-order chi connectivity index (χ0) is 24.6. The Morgan fingerprint density at radius 3 is 2.69 bits per heavy atom. The fourth-order valence-electron chi connectivity index (χ4n) is 4.71. The van der Waals surface area contributed by atoms with E-state index in [1.54, 1.807) is 4.90 Å². The van der Waals surface area contributed by atoms with Gasteiger partial charge in [0.1, 0.15) is 6.04 Å². The fourth-order valence-corrected chi connectivity index (χ4v) is 5.72. The Hall–Kier alpha value is -2.99. The minimum absolute atomic E-state index is 0.0664. The molecule has 186 valence electrons. The molecular formula is C23H25F3N6O2S. The smallest absolute Gasteiger partial charge is 0.350 e. The summed E-state index contributed by atoms with van der Waals surface area (Å²) < 4.78 is 42.1. The SMILES string of the molecule is O=C(NCc1ccccc1)[C@H]1CCCN1c1nc2c(=O)n(C[C@H]3CCCN3)c(C(F)(F)F)nc2s1. The van der Waals surface area contributed by atoms with E-state index in [2.05, 4.69) is 20.6 Å². The van der Waals surface area contributed by atoms with E-state index >= 15 is 0 Å². The van der Waals surface area contributed by atoms with Gasteiger partial charge in [-0.2, -0.15) is 13.2 Å². The van der Waals surface area contributed by atoms with E-state index in [4.69, 9.17) is 0 Å². The molecule has 4 heterocycles. The molecule has 0 radical (unpaired) electrons. The molecule has 2 fully saturated rings. The maximum absolute atomic E-state index is 13.8. The first-order valence-corrected chi connectivity index (χ1v) is 12.4. The van der Waals surface area contributed by atoms with Crippen molar-refractivity contribution in [2.24, 2.45) is 0 Å². The van der Waals surface area contributed by atoms with Gasteiger partial charge in [0.15, 0.2) is 15.5 Å². The summed E-state index contributed by atoms with van der Waals surface area (Å²) in [6.45, 7) is 1.49. The highest BCUT2D eigenvalue weighted by Crippen LogP contribution is 2.34. The highest BCUT2D eigenvalue weighted by molar-refractivity contribution is 7.21. The minimum Gasteiger partial charge on any atom is -0.350 e. The van der Waals surface area contributed by atoms with E-state index in [9.17, 15) is 22.8 Å². The van der Waals surface area contributed by atoms with Crippen LogP contribution in [0.5, 0.6) is 0 Å². The van der Waals surface area contributed by atoms with Crippen LogP contribution in [0, 0.1) is 0 Å². The molecule has 3 aromatic rings. The van der Waals surface area contributed by atoms with Crippen LogP contribution in [0.4, 0.5) is 18.3 Å². The lowest BCUT2D eigenvalue weighted by molar-refractivity contribution is -0.148. The third-order valence-electron chi connectivity index (χ3n) is 6.44. The number of nitrogens with zero attached hydrogens (tertiary/aromatic N) is 4. The van der Waals surface area contributed by atoms with Crippen LogP contribution in [0.15, 0.2) is 35.1 Å². The quantitative estimate of drug-likeness (QED) is 0.534. The number of amides is 1. The summed E-state index contributed by atoms with van der Waals surface area (Å²) in [6.07, 6.45) is -1.91. The van der Waals surface area contributed by atoms with Crippen molar-refractivity contribution in [2.75, 3.05) is 18.0 Å². The van der Waals surface area contributed by atoms with Crippen LogP contribution in [0.3, 0.4) is 0 Å². The van der Waals surface area contributed by atoms with E-state index < -0.39 is 23.6 Å². The third kappa shape index (κ3) is 4.90. The lowest BCUT2D eigenvalue weighted by Gasteiger charge is -2.23. The molecule has 2 atom stereocenters. The molecular weight excluding hydrogens is 481 g/mol. The lowest BCUT2D eigenvalue weighted by Crippen LogP contribution is -2.43. The molecule has 1 amide bonds. The summed E-state index contributed by atoms with van der Waals surface area (Å²) in [5.74, 6) is -1.39. The highest BCUT2D eigenvalue weighted by atomic mass is 32.1. The van der Waals surface area contributed by atoms with Crippen LogP contribution >= 0.6 is 11.3 Å². The molecule has 2 aromatic heterocycles. The Morgan fingerprint density at radius 2 is 1.97 bits per heavy atom. The molecule has 1 aromatic carbocycles. The minimum atomic E-state index is -4.77. The van der Waals surface area contributed by atoms with E-state index in [1.165, 1.54) is 0 Å². The normalized spacial score (nSPS) is 20.6. The van der Waals surface area contributed by atoms with Crippen molar-refractivity contribution in [1.29, 1.82) is 0 Å². The zero-order valence-electron chi connectivity index (χ0n) is 18.8. The number of aromatic nitrogens is 3. The van der Waals surface area contributed by atoms with Crippen molar-refractivity contribution in [3.05, 3.63) is 52.1 Å². The van der Waals surface area contributed by atoms with Crippen LogP contribution < -0.4 is 21.1 Å². The first kappa shape index (κ1) is 23.7. The molecule has 0 unspecified atom stereocenters. The molecule has 5 rings (SSSR count). The number of nitrogens with one attached hydrogen (secondary N) is 2. The highest BCUT2D eigenvalue weighted by Gasteiger charge is 2.39. The Kier molecular flexibility index (Phi) is 6.49. The van der Waals surface area contributed by atoms with Crippen LogP contribution in [0.2, 0.25) is 0 Å². The predicted molar refractivity (Wildman–Crippen MR) is 126 cm³/mol. The Morgan fingerprint density at radius 1 is 1.17 bits per heavy atom. The number of anilines is 1. The lowest BCUT2D eigenvalue weighted by atomic mass is 10.2. The summed E-state index contributed by atoms with van der Waals surface area (Å²) in [5, 5.41) is 6.39. The Labute approximate surface area is 203 Å². The molecule has 8 nitrogen and oxygen atoms in total. The van der Waals surface area contributed by atoms with Gasteiger partial charge in [-0.25, -0.2) is 9.97 Å². The summed E-state index contributed by atoms with van der Waals surface area (Å²) in [5.41, 5.74) is 0.0701. The van der Waals surface area contributed by atoms with E-state index in [1.807, 2.05) is 30.3 Å². The molecule has 2 N–H and O–H groups in total. The summed E-state index contributed by atoms with van der Waals surface area (Å²) in [4.78, 5) is 35.9. The number of fused-ring (bicyclic) bond motifs is 1. The molecule has 12 heteroatoms. The maximum Gasteiger partial charge on any atom is 0.449 e. The van der Waals surface area contributed by atoms with Crippen LogP contribution in [0.1, 0.15) is 37.1 Å². The van der Waals surface area contributed by atoms with Crippen LogP contribution in [-0.2, 0) is 24.1 Å².